The first-order chi connectivity index (χ1) is 15.1. The first-order valence-electron chi connectivity index (χ1n) is 10.8. The van der Waals surface area contributed by atoms with Gasteiger partial charge < -0.3 is 15.2 Å². The zero-order chi connectivity index (χ0) is 21.6. The molecular weight excluding hydrogens is 408 g/mol. The summed E-state index contributed by atoms with van der Waals surface area (Å²) >= 11 is 1.63. The van der Waals surface area contributed by atoms with Gasteiger partial charge in [0.15, 0.2) is 0 Å². The Hall–Kier alpha value is -2.80. The van der Waals surface area contributed by atoms with Crippen LogP contribution in [0.15, 0.2) is 53.4 Å². The standard InChI is InChI=1S/C24H28N4O2S/c1-31-19-11-7-10-18(14-19)26-23(29)16-28-21-13-6-5-12-20(21)27-22(28)15-25-24(30)17-8-3-2-4-9-17/h5-7,10-14,17H,2-4,8-9,15-16H2,1H3,(H,25,30)(H,26,29). The number of fused-ring (bicyclic) bond motifs is 1. The molecule has 0 saturated heterocycles. The van der Waals surface area contributed by atoms with Crippen LogP contribution in [0.1, 0.15) is 37.9 Å². The Morgan fingerprint density at radius 2 is 1.90 bits per heavy atom. The first kappa shape index (κ1) is 21.4. The van der Waals surface area contributed by atoms with E-state index < -0.39 is 0 Å². The summed E-state index contributed by atoms with van der Waals surface area (Å²) in [6.45, 7) is 0.456. The fraction of sp³-hybridized carbons (Fsp3) is 0.375. The number of para-hydroxylation sites is 2. The molecule has 0 radical (unpaired) electrons. The fourth-order valence-corrected chi connectivity index (χ4v) is 4.62. The van der Waals surface area contributed by atoms with Crippen LogP contribution in [0.4, 0.5) is 5.69 Å². The maximum absolute atomic E-state index is 12.8. The summed E-state index contributed by atoms with van der Waals surface area (Å²) in [5, 5.41) is 6.03. The second-order valence-electron chi connectivity index (χ2n) is 7.94. The molecule has 1 aliphatic carbocycles. The number of hydrogen-bond acceptors (Lipinski definition) is 4. The molecule has 2 aromatic carbocycles. The predicted molar refractivity (Wildman–Crippen MR) is 125 cm³/mol. The highest BCUT2D eigenvalue weighted by atomic mass is 32.2. The van der Waals surface area contributed by atoms with Crippen molar-refractivity contribution in [3.8, 4) is 0 Å². The highest BCUT2D eigenvalue weighted by Gasteiger charge is 2.22. The van der Waals surface area contributed by atoms with Crippen LogP contribution in [0.2, 0.25) is 0 Å². The third-order valence-corrected chi connectivity index (χ3v) is 6.51. The number of nitrogens with one attached hydrogen (secondary N) is 2. The summed E-state index contributed by atoms with van der Waals surface area (Å²) in [7, 11) is 0. The van der Waals surface area contributed by atoms with Gasteiger partial charge in [0.1, 0.15) is 12.4 Å². The zero-order valence-corrected chi connectivity index (χ0v) is 18.6. The second-order valence-corrected chi connectivity index (χ2v) is 8.82. The van der Waals surface area contributed by atoms with E-state index in [0.29, 0.717) is 12.4 Å². The Balaban J connectivity index is 1.49. The molecule has 162 valence electrons. The van der Waals surface area contributed by atoms with Crippen LogP contribution in [-0.4, -0.2) is 27.6 Å². The maximum Gasteiger partial charge on any atom is 0.244 e. The summed E-state index contributed by atoms with van der Waals surface area (Å²) in [4.78, 5) is 31.2. The lowest BCUT2D eigenvalue weighted by atomic mass is 9.89. The molecule has 1 fully saturated rings. The van der Waals surface area contributed by atoms with E-state index in [1.165, 1.54) is 6.42 Å². The van der Waals surface area contributed by atoms with Crippen molar-refractivity contribution in [1.29, 1.82) is 0 Å². The highest BCUT2D eigenvalue weighted by Crippen LogP contribution is 2.24. The quantitative estimate of drug-likeness (QED) is 0.531. The lowest BCUT2D eigenvalue weighted by molar-refractivity contribution is -0.126. The van der Waals surface area contributed by atoms with Gasteiger partial charge in [-0.25, -0.2) is 4.98 Å². The van der Waals surface area contributed by atoms with E-state index >= 15 is 0 Å². The third-order valence-electron chi connectivity index (χ3n) is 5.79. The number of rotatable bonds is 7. The Morgan fingerprint density at radius 3 is 2.71 bits per heavy atom. The van der Waals surface area contributed by atoms with Crippen molar-refractivity contribution in [2.24, 2.45) is 5.92 Å². The van der Waals surface area contributed by atoms with Crippen LogP contribution < -0.4 is 10.6 Å². The molecular formula is C24H28N4O2S. The average molecular weight is 437 g/mol. The number of amides is 2. The largest absolute Gasteiger partial charge is 0.349 e. The van der Waals surface area contributed by atoms with Crippen LogP contribution in [0.3, 0.4) is 0 Å². The molecule has 4 rings (SSSR count). The van der Waals surface area contributed by atoms with Gasteiger partial charge in [-0.2, -0.15) is 0 Å². The number of nitrogens with zero attached hydrogens (tertiary/aromatic N) is 2. The van der Waals surface area contributed by atoms with Gasteiger partial charge in [-0.15, -0.1) is 11.8 Å². The normalized spacial score (nSPS) is 14.5. The van der Waals surface area contributed by atoms with Crippen LogP contribution in [0, 0.1) is 5.92 Å². The number of thioether (sulfide) groups is 1. The van der Waals surface area contributed by atoms with Crippen molar-refractivity contribution in [3.63, 3.8) is 0 Å². The lowest BCUT2D eigenvalue weighted by Crippen LogP contribution is -2.32. The molecule has 3 aromatic rings. The maximum atomic E-state index is 12.8. The highest BCUT2D eigenvalue weighted by molar-refractivity contribution is 7.98. The number of carbonyl (C=O) groups excluding carboxylic acids is 2. The number of imidazole rings is 1. The Kier molecular flexibility index (Phi) is 6.92. The van der Waals surface area contributed by atoms with Gasteiger partial charge in [0.05, 0.1) is 17.6 Å². The molecule has 2 amide bonds. The van der Waals surface area contributed by atoms with E-state index in [1.807, 2.05) is 59.4 Å². The van der Waals surface area contributed by atoms with Gasteiger partial charge in [0.2, 0.25) is 11.8 Å². The van der Waals surface area contributed by atoms with E-state index in [4.69, 9.17) is 0 Å². The van der Waals surface area contributed by atoms with E-state index in [0.717, 1.165) is 47.3 Å². The van der Waals surface area contributed by atoms with Crippen LogP contribution in [-0.2, 0) is 22.7 Å². The number of carbonyl (C=O) groups is 2. The van der Waals surface area contributed by atoms with Crippen LogP contribution >= 0.6 is 11.8 Å². The van der Waals surface area contributed by atoms with Crippen molar-refractivity contribution >= 4 is 40.3 Å². The van der Waals surface area contributed by atoms with Crippen molar-refractivity contribution in [2.45, 2.75) is 50.1 Å². The molecule has 0 aliphatic heterocycles. The molecule has 1 heterocycles. The summed E-state index contributed by atoms with van der Waals surface area (Å²) in [5.74, 6) is 0.759. The van der Waals surface area contributed by atoms with Gasteiger partial charge in [-0.3, -0.25) is 9.59 Å². The molecule has 0 bridgehead atoms. The second kappa shape index (κ2) is 10.0. The summed E-state index contributed by atoms with van der Waals surface area (Å²) in [6.07, 6.45) is 7.38. The fourth-order valence-electron chi connectivity index (χ4n) is 4.16. The van der Waals surface area contributed by atoms with Gasteiger partial charge in [0.25, 0.3) is 0 Å². The van der Waals surface area contributed by atoms with Gasteiger partial charge in [0, 0.05) is 16.5 Å². The number of hydrogen-bond donors (Lipinski definition) is 2. The molecule has 7 heteroatoms. The molecule has 31 heavy (non-hydrogen) atoms. The molecule has 1 saturated carbocycles. The minimum atomic E-state index is -0.124. The summed E-state index contributed by atoms with van der Waals surface area (Å²) < 4.78 is 1.89. The van der Waals surface area contributed by atoms with Crippen LogP contribution in [0.5, 0.6) is 0 Å². The number of aromatic nitrogens is 2. The summed E-state index contributed by atoms with van der Waals surface area (Å²) in [6, 6.07) is 15.5. The monoisotopic (exact) mass is 436 g/mol. The third kappa shape index (κ3) is 5.28. The van der Waals surface area contributed by atoms with Crippen LogP contribution in [0.25, 0.3) is 11.0 Å². The van der Waals surface area contributed by atoms with E-state index in [1.54, 1.807) is 11.8 Å². The zero-order valence-electron chi connectivity index (χ0n) is 17.8. The Labute approximate surface area is 186 Å². The average Bonchev–Trinajstić information content (AvgIpc) is 3.15. The van der Waals surface area contributed by atoms with Crippen molar-refractivity contribution < 1.29 is 9.59 Å². The molecule has 1 aromatic heterocycles. The Morgan fingerprint density at radius 1 is 1.10 bits per heavy atom. The van der Waals surface area contributed by atoms with Crippen molar-refractivity contribution in [1.82, 2.24) is 14.9 Å². The first-order valence-corrected chi connectivity index (χ1v) is 12.0. The van der Waals surface area contributed by atoms with Gasteiger partial charge in [-0.1, -0.05) is 37.5 Å². The predicted octanol–water partition coefficient (Wildman–Crippen LogP) is 4.59. The van der Waals surface area contributed by atoms with E-state index in [-0.39, 0.29) is 24.3 Å². The SMILES string of the molecule is CSc1cccc(NC(=O)Cn2c(CNC(=O)C3CCCCC3)nc3ccccc32)c1. The minimum Gasteiger partial charge on any atom is -0.349 e. The van der Waals surface area contributed by atoms with Crippen molar-refractivity contribution in [3.05, 3.63) is 54.4 Å². The number of anilines is 1. The van der Waals surface area contributed by atoms with E-state index in [9.17, 15) is 9.59 Å². The smallest absolute Gasteiger partial charge is 0.244 e. The van der Waals surface area contributed by atoms with E-state index in [2.05, 4.69) is 15.6 Å². The lowest BCUT2D eigenvalue weighted by Gasteiger charge is -2.20. The minimum absolute atomic E-state index is 0.0941. The molecule has 2 N–H and O–H groups in total. The molecule has 1 aliphatic rings. The topological polar surface area (TPSA) is 76.0 Å². The van der Waals surface area contributed by atoms with Gasteiger partial charge >= 0.3 is 0 Å². The number of benzene rings is 2. The molecule has 0 unspecified atom stereocenters. The summed E-state index contributed by atoms with van der Waals surface area (Å²) in [5.41, 5.74) is 2.48. The molecule has 6 nitrogen and oxygen atoms in total. The molecule has 0 atom stereocenters. The Bertz CT molecular complexity index is 1070. The van der Waals surface area contributed by atoms with Gasteiger partial charge in [-0.05, 0) is 49.4 Å². The van der Waals surface area contributed by atoms with Crippen molar-refractivity contribution in [2.75, 3.05) is 11.6 Å². The molecule has 0 spiro atoms.